The van der Waals surface area contributed by atoms with Crippen LogP contribution in [0.4, 0.5) is 4.79 Å². The van der Waals surface area contributed by atoms with E-state index in [9.17, 15) is 4.79 Å². The highest BCUT2D eigenvalue weighted by molar-refractivity contribution is 5.68. The lowest BCUT2D eigenvalue weighted by atomic mass is 10.1. The first-order chi connectivity index (χ1) is 10.9. The number of carbonyl (C=O) groups excluding carboxylic acids is 1. The summed E-state index contributed by atoms with van der Waals surface area (Å²) in [6.45, 7) is 9.74. The fourth-order valence-corrected chi connectivity index (χ4v) is 3.49. The molecule has 0 bridgehead atoms. The number of hydrogen-bond donors (Lipinski definition) is 1. The molecular weight excluding hydrogens is 288 g/mol. The molecule has 2 rings (SSSR count). The summed E-state index contributed by atoms with van der Waals surface area (Å²) in [6, 6.07) is 0.926. The molecule has 2 fully saturated rings. The summed E-state index contributed by atoms with van der Waals surface area (Å²) in [4.78, 5) is 14.7. The van der Waals surface area contributed by atoms with E-state index in [1.807, 2.05) is 25.7 Å². The molecule has 0 aromatic heterocycles. The number of rotatable bonds is 6. The number of hydrogen-bond acceptors (Lipinski definition) is 3. The van der Waals surface area contributed by atoms with Gasteiger partial charge in [-0.05, 0) is 59.3 Å². The molecule has 134 valence electrons. The van der Waals surface area contributed by atoms with Crippen LogP contribution in [-0.2, 0) is 4.74 Å². The minimum Gasteiger partial charge on any atom is -0.444 e. The van der Waals surface area contributed by atoms with Crippen LogP contribution in [-0.4, -0.2) is 41.8 Å². The summed E-state index contributed by atoms with van der Waals surface area (Å²) in [5.74, 6) is 0.850. The first-order valence-corrected chi connectivity index (χ1v) is 9.60. The van der Waals surface area contributed by atoms with Crippen molar-refractivity contribution in [2.75, 3.05) is 13.1 Å². The van der Waals surface area contributed by atoms with E-state index in [0.717, 1.165) is 31.8 Å². The molecule has 0 aromatic carbocycles. The molecule has 2 aliphatic rings. The Morgan fingerprint density at radius 2 is 1.74 bits per heavy atom. The topological polar surface area (TPSA) is 41.6 Å². The molecule has 0 aliphatic heterocycles. The predicted octanol–water partition coefficient (Wildman–Crippen LogP) is 4.33. The van der Waals surface area contributed by atoms with Crippen LogP contribution in [0.5, 0.6) is 0 Å². The minimum absolute atomic E-state index is 0.134. The monoisotopic (exact) mass is 324 g/mol. The number of nitrogens with zero attached hydrogens (tertiary/aromatic N) is 1. The molecule has 0 spiro atoms. The molecular formula is C19H36N2O2. The normalized spacial score (nSPS) is 21.6. The van der Waals surface area contributed by atoms with Crippen molar-refractivity contribution >= 4 is 6.09 Å². The van der Waals surface area contributed by atoms with E-state index in [1.165, 1.54) is 38.5 Å². The van der Waals surface area contributed by atoms with Crippen LogP contribution in [0.3, 0.4) is 0 Å². The van der Waals surface area contributed by atoms with Gasteiger partial charge in [0.25, 0.3) is 0 Å². The third-order valence-electron chi connectivity index (χ3n) is 5.04. The maximum Gasteiger partial charge on any atom is 0.410 e. The van der Waals surface area contributed by atoms with E-state index in [-0.39, 0.29) is 6.09 Å². The van der Waals surface area contributed by atoms with Crippen LogP contribution in [0.2, 0.25) is 0 Å². The van der Waals surface area contributed by atoms with Gasteiger partial charge in [-0.15, -0.1) is 0 Å². The molecule has 1 N–H and O–H groups in total. The average Bonchev–Trinajstić information content (AvgIpc) is 3.27. The smallest absolute Gasteiger partial charge is 0.410 e. The van der Waals surface area contributed by atoms with Gasteiger partial charge in [-0.3, -0.25) is 0 Å². The van der Waals surface area contributed by atoms with Gasteiger partial charge < -0.3 is 15.0 Å². The third-order valence-corrected chi connectivity index (χ3v) is 5.04. The first-order valence-electron chi connectivity index (χ1n) is 9.60. The quantitative estimate of drug-likeness (QED) is 0.739. The van der Waals surface area contributed by atoms with Crippen LogP contribution >= 0.6 is 0 Å². The van der Waals surface area contributed by atoms with Gasteiger partial charge in [0.1, 0.15) is 5.60 Å². The standard InChI is InChI=1S/C19H36N2O2/c1-15(16-11-12-16)20-13-14-21(18(22)23-19(2,3)4)17-9-7-5-6-8-10-17/h15-17,20H,5-14H2,1-4H3. The molecule has 4 heteroatoms. The third kappa shape index (κ3) is 6.70. The van der Waals surface area contributed by atoms with E-state index in [0.29, 0.717) is 12.1 Å². The van der Waals surface area contributed by atoms with Crippen LogP contribution in [0.15, 0.2) is 0 Å². The van der Waals surface area contributed by atoms with Gasteiger partial charge in [0.2, 0.25) is 0 Å². The summed E-state index contributed by atoms with van der Waals surface area (Å²) in [5.41, 5.74) is -0.422. The highest BCUT2D eigenvalue weighted by Gasteiger charge is 2.30. The van der Waals surface area contributed by atoms with Crippen LogP contribution in [0.25, 0.3) is 0 Å². The Morgan fingerprint density at radius 3 is 2.26 bits per heavy atom. The van der Waals surface area contributed by atoms with Gasteiger partial charge >= 0.3 is 6.09 Å². The molecule has 0 heterocycles. The zero-order valence-electron chi connectivity index (χ0n) is 15.6. The van der Waals surface area contributed by atoms with E-state index < -0.39 is 5.60 Å². The van der Waals surface area contributed by atoms with Crippen molar-refractivity contribution in [2.24, 2.45) is 5.92 Å². The van der Waals surface area contributed by atoms with Crippen LogP contribution in [0, 0.1) is 5.92 Å². The lowest BCUT2D eigenvalue weighted by molar-refractivity contribution is 0.0145. The van der Waals surface area contributed by atoms with Crippen molar-refractivity contribution in [3.05, 3.63) is 0 Å². The molecule has 0 radical (unpaired) electrons. The van der Waals surface area contributed by atoms with Crippen molar-refractivity contribution in [3.8, 4) is 0 Å². The van der Waals surface area contributed by atoms with Crippen molar-refractivity contribution in [3.63, 3.8) is 0 Å². The second-order valence-electron chi connectivity index (χ2n) is 8.40. The number of amides is 1. The Labute approximate surface area is 142 Å². The average molecular weight is 325 g/mol. The molecule has 1 amide bonds. The van der Waals surface area contributed by atoms with Gasteiger partial charge in [-0.25, -0.2) is 4.79 Å². The van der Waals surface area contributed by atoms with Gasteiger partial charge in [0.15, 0.2) is 0 Å². The fourth-order valence-electron chi connectivity index (χ4n) is 3.49. The molecule has 4 nitrogen and oxygen atoms in total. The van der Waals surface area contributed by atoms with E-state index in [2.05, 4.69) is 12.2 Å². The van der Waals surface area contributed by atoms with E-state index in [4.69, 9.17) is 4.74 Å². The van der Waals surface area contributed by atoms with E-state index in [1.54, 1.807) is 0 Å². The lowest BCUT2D eigenvalue weighted by Gasteiger charge is -2.33. The Morgan fingerprint density at radius 1 is 1.13 bits per heavy atom. The largest absolute Gasteiger partial charge is 0.444 e. The van der Waals surface area contributed by atoms with Gasteiger partial charge in [0.05, 0.1) is 0 Å². The van der Waals surface area contributed by atoms with Crippen molar-refractivity contribution in [1.29, 1.82) is 0 Å². The molecule has 2 saturated carbocycles. The summed E-state index contributed by atoms with van der Waals surface area (Å²) in [7, 11) is 0. The first kappa shape index (κ1) is 18.6. The van der Waals surface area contributed by atoms with Gasteiger partial charge in [-0.2, -0.15) is 0 Å². The highest BCUT2D eigenvalue weighted by atomic mass is 16.6. The molecule has 23 heavy (non-hydrogen) atoms. The van der Waals surface area contributed by atoms with Crippen molar-refractivity contribution in [2.45, 2.75) is 96.7 Å². The van der Waals surface area contributed by atoms with Crippen LogP contribution < -0.4 is 5.32 Å². The molecule has 2 aliphatic carbocycles. The summed E-state index contributed by atoms with van der Waals surface area (Å²) < 4.78 is 5.67. The number of carbonyl (C=O) groups is 1. The zero-order valence-corrected chi connectivity index (χ0v) is 15.6. The number of nitrogens with one attached hydrogen (secondary N) is 1. The van der Waals surface area contributed by atoms with Gasteiger partial charge in [0, 0.05) is 25.2 Å². The molecule has 1 atom stereocenters. The Bertz CT molecular complexity index is 366. The summed E-state index contributed by atoms with van der Waals surface area (Å²) >= 11 is 0. The fraction of sp³-hybridized carbons (Fsp3) is 0.947. The lowest BCUT2D eigenvalue weighted by Crippen LogP contribution is -2.47. The molecule has 0 aromatic rings. The maximum absolute atomic E-state index is 12.7. The Kier molecular flexibility index (Phi) is 6.75. The zero-order chi connectivity index (χ0) is 16.9. The Balaban J connectivity index is 1.90. The summed E-state index contributed by atoms with van der Waals surface area (Å²) in [6.07, 6.45) is 9.88. The van der Waals surface area contributed by atoms with Crippen molar-refractivity contribution < 1.29 is 9.53 Å². The van der Waals surface area contributed by atoms with Gasteiger partial charge in [-0.1, -0.05) is 25.7 Å². The van der Waals surface area contributed by atoms with E-state index >= 15 is 0 Å². The van der Waals surface area contributed by atoms with Crippen LogP contribution in [0.1, 0.15) is 79.1 Å². The maximum atomic E-state index is 12.7. The Hall–Kier alpha value is -0.770. The summed E-state index contributed by atoms with van der Waals surface area (Å²) in [5, 5.41) is 3.60. The minimum atomic E-state index is -0.422. The second-order valence-corrected chi connectivity index (χ2v) is 8.40. The second kappa shape index (κ2) is 8.36. The SMILES string of the molecule is CC(NCCN(C(=O)OC(C)(C)C)C1CCCCCC1)C1CC1. The molecule has 1 unspecified atom stereocenters. The predicted molar refractivity (Wildman–Crippen MR) is 94.6 cm³/mol. The van der Waals surface area contributed by atoms with Crippen molar-refractivity contribution in [1.82, 2.24) is 10.2 Å². The molecule has 0 saturated heterocycles. The highest BCUT2D eigenvalue weighted by Crippen LogP contribution is 2.32. The number of ether oxygens (including phenoxy) is 1.